The largest absolute Gasteiger partial charge is 0.417 e. The summed E-state index contributed by atoms with van der Waals surface area (Å²) < 4.78 is 37.8. The van der Waals surface area contributed by atoms with Crippen molar-refractivity contribution in [2.45, 2.75) is 12.3 Å². The molecule has 0 fully saturated rings. The van der Waals surface area contributed by atoms with Gasteiger partial charge in [-0.05, 0) is 18.2 Å². The quantitative estimate of drug-likeness (QED) is 0.684. The molecule has 0 radical (unpaired) electrons. The summed E-state index contributed by atoms with van der Waals surface area (Å²) in [5, 5.41) is 21.4. The highest BCUT2D eigenvalue weighted by Crippen LogP contribution is 2.36. The van der Waals surface area contributed by atoms with Crippen molar-refractivity contribution in [3.63, 3.8) is 0 Å². The van der Waals surface area contributed by atoms with Crippen LogP contribution < -0.4 is 10.6 Å². The number of aliphatic hydroxyl groups is 2. The Morgan fingerprint density at radius 2 is 2.05 bits per heavy atom. The molecule has 0 heterocycles. The van der Waals surface area contributed by atoms with Crippen molar-refractivity contribution in [3.8, 4) is 0 Å². The predicted octanol–water partition coefficient (Wildman–Crippen LogP) is 1.83. The molecule has 9 heteroatoms. The van der Waals surface area contributed by atoms with Gasteiger partial charge in [-0.25, -0.2) is 4.79 Å². The number of rotatable bonds is 4. The Morgan fingerprint density at radius 1 is 1.40 bits per heavy atom. The third-order valence-electron chi connectivity index (χ3n) is 2.24. The minimum Gasteiger partial charge on any atom is -0.394 e. The van der Waals surface area contributed by atoms with E-state index in [2.05, 4.69) is 10.6 Å². The van der Waals surface area contributed by atoms with Crippen molar-refractivity contribution in [2.24, 2.45) is 0 Å². The summed E-state index contributed by atoms with van der Waals surface area (Å²) in [4.78, 5) is 11.3. The highest BCUT2D eigenvalue weighted by molar-refractivity contribution is 6.31. The van der Waals surface area contributed by atoms with Gasteiger partial charge in [0.15, 0.2) is 0 Å². The second kappa shape index (κ2) is 6.78. The first-order valence-electron chi connectivity index (χ1n) is 5.44. The SMILES string of the molecule is O=C(NCC(O)CO)Nc1ccc(Cl)c(C(F)(F)F)c1. The van der Waals surface area contributed by atoms with Gasteiger partial charge in [-0.2, -0.15) is 13.2 Å². The van der Waals surface area contributed by atoms with Crippen LogP contribution >= 0.6 is 11.6 Å². The summed E-state index contributed by atoms with van der Waals surface area (Å²) in [6, 6.07) is 2.11. The maximum Gasteiger partial charge on any atom is 0.417 e. The maximum atomic E-state index is 12.6. The number of anilines is 1. The number of carbonyl (C=O) groups is 1. The zero-order chi connectivity index (χ0) is 15.3. The van der Waals surface area contributed by atoms with Crippen molar-refractivity contribution in [1.82, 2.24) is 5.32 Å². The van der Waals surface area contributed by atoms with Crippen LogP contribution in [0.3, 0.4) is 0 Å². The van der Waals surface area contributed by atoms with Crippen molar-refractivity contribution < 1.29 is 28.2 Å². The van der Waals surface area contributed by atoms with E-state index in [1.54, 1.807) is 0 Å². The Balaban J connectivity index is 2.71. The highest BCUT2D eigenvalue weighted by atomic mass is 35.5. The zero-order valence-corrected chi connectivity index (χ0v) is 10.8. The third-order valence-corrected chi connectivity index (χ3v) is 2.57. The third kappa shape index (κ3) is 4.87. The Bertz CT molecular complexity index is 482. The fourth-order valence-corrected chi connectivity index (χ4v) is 1.50. The topological polar surface area (TPSA) is 81.6 Å². The number of urea groups is 1. The number of amides is 2. The van der Waals surface area contributed by atoms with Crippen molar-refractivity contribution >= 4 is 23.3 Å². The summed E-state index contributed by atoms with van der Waals surface area (Å²) in [5.41, 5.74) is -1.16. The molecule has 0 aliphatic carbocycles. The van der Waals surface area contributed by atoms with Crippen molar-refractivity contribution in [3.05, 3.63) is 28.8 Å². The molecule has 0 aromatic heterocycles. The standard InChI is InChI=1S/C11H12ClF3N2O3/c12-9-2-1-6(3-8(9)11(13,14)15)17-10(20)16-4-7(19)5-18/h1-3,7,18-19H,4-5H2,(H2,16,17,20). The van der Waals surface area contributed by atoms with E-state index < -0.39 is 35.5 Å². The molecule has 0 aliphatic heterocycles. The summed E-state index contributed by atoms with van der Waals surface area (Å²) in [6.07, 6.45) is -5.77. The molecule has 4 N–H and O–H groups in total. The lowest BCUT2D eigenvalue weighted by molar-refractivity contribution is -0.137. The minimum atomic E-state index is -4.63. The second-order valence-electron chi connectivity index (χ2n) is 3.86. The van der Waals surface area contributed by atoms with E-state index in [-0.39, 0.29) is 12.2 Å². The molecule has 5 nitrogen and oxygen atoms in total. The first-order valence-corrected chi connectivity index (χ1v) is 5.82. The minimum absolute atomic E-state index is 0.0993. The fraction of sp³-hybridized carbons (Fsp3) is 0.364. The van der Waals surface area contributed by atoms with E-state index in [0.717, 1.165) is 6.07 Å². The van der Waals surface area contributed by atoms with E-state index in [4.69, 9.17) is 21.8 Å². The number of hydrogen-bond acceptors (Lipinski definition) is 3. The first-order chi connectivity index (χ1) is 9.24. The van der Waals surface area contributed by atoms with Gasteiger partial charge in [0.05, 0.1) is 23.3 Å². The molecular formula is C11H12ClF3N2O3. The van der Waals surface area contributed by atoms with E-state index >= 15 is 0 Å². The number of aliphatic hydroxyl groups excluding tert-OH is 2. The van der Waals surface area contributed by atoms with Crippen LogP contribution in [-0.4, -0.2) is 35.5 Å². The fourth-order valence-electron chi connectivity index (χ4n) is 1.27. The molecule has 20 heavy (non-hydrogen) atoms. The average Bonchev–Trinajstić information content (AvgIpc) is 2.37. The average molecular weight is 313 g/mol. The number of carbonyl (C=O) groups excluding carboxylic acids is 1. The highest BCUT2D eigenvalue weighted by Gasteiger charge is 2.33. The van der Waals surface area contributed by atoms with E-state index in [1.807, 2.05) is 0 Å². The summed E-state index contributed by atoms with van der Waals surface area (Å²) in [5.74, 6) is 0. The lowest BCUT2D eigenvalue weighted by Gasteiger charge is -2.13. The van der Waals surface area contributed by atoms with Gasteiger partial charge in [0.25, 0.3) is 0 Å². The van der Waals surface area contributed by atoms with Crippen LogP contribution in [0.2, 0.25) is 5.02 Å². The van der Waals surface area contributed by atoms with Crippen LogP contribution in [0.4, 0.5) is 23.7 Å². The van der Waals surface area contributed by atoms with Crippen molar-refractivity contribution in [1.29, 1.82) is 0 Å². The molecule has 1 rings (SSSR count). The van der Waals surface area contributed by atoms with Crippen LogP contribution in [0.25, 0.3) is 0 Å². The second-order valence-corrected chi connectivity index (χ2v) is 4.27. The molecule has 1 unspecified atom stereocenters. The molecule has 0 aliphatic rings. The van der Waals surface area contributed by atoms with Gasteiger partial charge in [-0.3, -0.25) is 0 Å². The number of halogens is 4. The van der Waals surface area contributed by atoms with Gasteiger partial charge < -0.3 is 20.8 Å². The van der Waals surface area contributed by atoms with Crippen LogP contribution in [0, 0.1) is 0 Å². The lowest BCUT2D eigenvalue weighted by atomic mass is 10.2. The molecule has 2 amide bonds. The Morgan fingerprint density at radius 3 is 2.60 bits per heavy atom. The van der Waals surface area contributed by atoms with Gasteiger partial charge >= 0.3 is 12.2 Å². The number of hydrogen-bond donors (Lipinski definition) is 4. The molecule has 0 saturated carbocycles. The number of benzene rings is 1. The Hall–Kier alpha value is -1.51. The molecule has 0 spiro atoms. The monoisotopic (exact) mass is 312 g/mol. The Kier molecular flexibility index (Phi) is 5.61. The maximum absolute atomic E-state index is 12.6. The summed E-state index contributed by atoms with van der Waals surface area (Å²) >= 11 is 5.43. The van der Waals surface area contributed by atoms with Crippen molar-refractivity contribution in [2.75, 3.05) is 18.5 Å². The molecule has 0 bridgehead atoms. The predicted molar refractivity (Wildman–Crippen MR) is 66.6 cm³/mol. The molecule has 1 atom stereocenters. The number of nitrogens with one attached hydrogen (secondary N) is 2. The molecule has 0 saturated heterocycles. The van der Waals surface area contributed by atoms with E-state index in [0.29, 0.717) is 6.07 Å². The summed E-state index contributed by atoms with van der Waals surface area (Å²) in [6.45, 7) is -0.776. The molecular weight excluding hydrogens is 301 g/mol. The van der Waals surface area contributed by atoms with E-state index in [1.165, 1.54) is 6.07 Å². The smallest absolute Gasteiger partial charge is 0.394 e. The van der Waals surface area contributed by atoms with Gasteiger partial charge in [0.1, 0.15) is 0 Å². The van der Waals surface area contributed by atoms with Gasteiger partial charge in [-0.1, -0.05) is 11.6 Å². The lowest BCUT2D eigenvalue weighted by Crippen LogP contribution is -2.36. The normalized spacial score (nSPS) is 12.9. The van der Waals surface area contributed by atoms with Crippen LogP contribution in [0.15, 0.2) is 18.2 Å². The molecule has 1 aromatic carbocycles. The van der Waals surface area contributed by atoms with Crippen LogP contribution in [0.5, 0.6) is 0 Å². The van der Waals surface area contributed by atoms with Crippen LogP contribution in [0.1, 0.15) is 5.56 Å². The van der Waals surface area contributed by atoms with E-state index in [9.17, 15) is 18.0 Å². The summed E-state index contributed by atoms with van der Waals surface area (Å²) in [7, 11) is 0. The van der Waals surface area contributed by atoms with Gasteiger partial charge in [0, 0.05) is 12.2 Å². The first kappa shape index (κ1) is 16.5. The van der Waals surface area contributed by atoms with Crippen LogP contribution in [-0.2, 0) is 6.18 Å². The van der Waals surface area contributed by atoms with Gasteiger partial charge in [0.2, 0.25) is 0 Å². The molecule has 1 aromatic rings. The zero-order valence-electron chi connectivity index (χ0n) is 10.0. The van der Waals surface area contributed by atoms with Gasteiger partial charge in [-0.15, -0.1) is 0 Å². The Labute approximate surface area is 117 Å². The number of alkyl halides is 3. The molecule has 112 valence electrons.